The summed E-state index contributed by atoms with van der Waals surface area (Å²) in [6.07, 6.45) is 0.851. The summed E-state index contributed by atoms with van der Waals surface area (Å²) in [4.78, 5) is 15.1. The summed E-state index contributed by atoms with van der Waals surface area (Å²) in [6.45, 7) is 5.40. The Morgan fingerprint density at radius 3 is 2.94 bits per heavy atom. The number of carbonyl (C=O) groups is 1. The number of alkyl carbamates (subject to hydrolysis) is 1. The minimum atomic E-state index is -0.613. The fourth-order valence-corrected chi connectivity index (χ4v) is 1.36. The molecule has 0 radical (unpaired) electrons. The summed E-state index contributed by atoms with van der Waals surface area (Å²) in [6, 6.07) is 1.56. The summed E-state index contributed by atoms with van der Waals surface area (Å²) >= 11 is 5.93. The Morgan fingerprint density at radius 1 is 1.67 bits per heavy atom. The molecular formula is C11H14ClN3O3. The normalized spacial score (nSPS) is 9.72. The van der Waals surface area contributed by atoms with Crippen molar-refractivity contribution in [2.75, 3.05) is 11.9 Å². The van der Waals surface area contributed by atoms with Gasteiger partial charge in [-0.25, -0.2) is 9.78 Å². The van der Waals surface area contributed by atoms with Crippen molar-refractivity contribution in [2.24, 2.45) is 0 Å². The van der Waals surface area contributed by atoms with Gasteiger partial charge in [-0.15, -0.1) is 0 Å². The van der Waals surface area contributed by atoms with E-state index in [4.69, 9.17) is 16.7 Å². The first-order valence-corrected chi connectivity index (χ1v) is 5.59. The maximum Gasteiger partial charge on any atom is 0.412 e. The second kappa shape index (κ2) is 6.83. The molecule has 0 fully saturated rings. The molecular weight excluding hydrogens is 258 g/mol. The van der Waals surface area contributed by atoms with Crippen LogP contribution >= 0.6 is 11.6 Å². The Bertz CT molecular complexity index is 451. The number of pyridine rings is 1. The lowest BCUT2D eigenvalue weighted by atomic mass is 10.3. The maximum atomic E-state index is 11.1. The second-order valence-electron chi connectivity index (χ2n) is 3.28. The summed E-state index contributed by atoms with van der Waals surface area (Å²) in [7, 11) is 0. The molecule has 3 N–H and O–H groups in total. The number of aromatic nitrogens is 1. The zero-order valence-corrected chi connectivity index (χ0v) is 10.6. The molecule has 0 aliphatic heterocycles. The smallest absolute Gasteiger partial charge is 0.412 e. The second-order valence-corrected chi connectivity index (χ2v) is 3.69. The molecule has 7 heteroatoms. The Kier molecular flexibility index (Phi) is 5.41. The van der Waals surface area contributed by atoms with Crippen molar-refractivity contribution < 1.29 is 14.6 Å². The number of anilines is 1. The fraction of sp³-hybridized carbons (Fsp3) is 0.273. The van der Waals surface area contributed by atoms with Crippen LogP contribution in [0.5, 0.6) is 0 Å². The summed E-state index contributed by atoms with van der Waals surface area (Å²) < 4.78 is 4.68. The lowest BCUT2D eigenvalue weighted by Gasteiger charge is -2.11. The number of nitrogens with zero attached hydrogens (tertiary/aromatic N) is 1. The van der Waals surface area contributed by atoms with E-state index in [1.165, 1.54) is 6.20 Å². The zero-order valence-electron chi connectivity index (χ0n) is 9.86. The van der Waals surface area contributed by atoms with Crippen LogP contribution in [0.15, 0.2) is 24.7 Å². The molecule has 1 heterocycles. The van der Waals surface area contributed by atoms with Gasteiger partial charge in [0.1, 0.15) is 11.6 Å². The van der Waals surface area contributed by atoms with Crippen LogP contribution in [0, 0.1) is 0 Å². The SMILES string of the molecule is C=C(NC(=O)OCC)Nc1ncc(CO)cc1Cl. The Morgan fingerprint density at radius 2 is 2.39 bits per heavy atom. The average Bonchev–Trinajstić information content (AvgIpc) is 2.31. The Balaban J connectivity index is 2.62. The number of amides is 1. The number of aliphatic hydroxyl groups is 1. The number of rotatable bonds is 5. The van der Waals surface area contributed by atoms with Crippen LogP contribution in [0.2, 0.25) is 5.02 Å². The molecule has 1 aromatic heterocycles. The highest BCUT2D eigenvalue weighted by molar-refractivity contribution is 6.33. The topological polar surface area (TPSA) is 83.5 Å². The van der Waals surface area contributed by atoms with Crippen LogP contribution in [-0.2, 0) is 11.3 Å². The van der Waals surface area contributed by atoms with Crippen molar-refractivity contribution >= 4 is 23.5 Å². The molecule has 1 amide bonds. The number of aliphatic hydroxyl groups excluding tert-OH is 1. The van der Waals surface area contributed by atoms with E-state index in [1.54, 1.807) is 13.0 Å². The fourth-order valence-electron chi connectivity index (χ4n) is 1.12. The first kappa shape index (κ1) is 14.3. The minimum absolute atomic E-state index is 0.144. The predicted molar refractivity (Wildman–Crippen MR) is 68.1 cm³/mol. The number of ether oxygens (including phenoxy) is 1. The van der Waals surface area contributed by atoms with Gasteiger partial charge in [0.2, 0.25) is 0 Å². The third-order valence-electron chi connectivity index (χ3n) is 1.88. The van der Waals surface area contributed by atoms with Gasteiger partial charge in [-0.3, -0.25) is 5.32 Å². The standard InChI is InChI=1S/C11H14ClN3O3/c1-3-18-11(17)15-7(2)14-10-9(12)4-8(6-16)5-13-10/h4-5,16H,2-3,6H2,1H3,(H,13,14)(H,15,17). The minimum Gasteiger partial charge on any atom is -0.450 e. The molecule has 0 unspecified atom stereocenters. The molecule has 6 nitrogen and oxygen atoms in total. The quantitative estimate of drug-likeness (QED) is 0.761. The third kappa shape index (κ3) is 4.23. The zero-order chi connectivity index (χ0) is 13.5. The molecule has 0 spiro atoms. The van der Waals surface area contributed by atoms with Crippen molar-refractivity contribution in [3.63, 3.8) is 0 Å². The highest BCUT2D eigenvalue weighted by Crippen LogP contribution is 2.20. The van der Waals surface area contributed by atoms with E-state index in [1.807, 2.05) is 0 Å². The van der Waals surface area contributed by atoms with Crippen molar-refractivity contribution in [3.05, 3.63) is 35.2 Å². The average molecular weight is 272 g/mol. The van der Waals surface area contributed by atoms with E-state index in [9.17, 15) is 4.79 Å². The largest absolute Gasteiger partial charge is 0.450 e. The molecule has 0 atom stereocenters. The molecule has 0 aliphatic carbocycles. The summed E-state index contributed by atoms with van der Waals surface area (Å²) in [5.41, 5.74) is 0.592. The van der Waals surface area contributed by atoms with Crippen molar-refractivity contribution in [1.29, 1.82) is 0 Å². The van der Waals surface area contributed by atoms with E-state index in [-0.39, 0.29) is 19.0 Å². The molecule has 1 aromatic rings. The lowest BCUT2D eigenvalue weighted by molar-refractivity contribution is 0.155. The van der Waals surface area contributed by atoms with E-state index < -0.39 is 6.09 Å². The number of hydrogen-bond donors (Lipinski definition) is 3. The first-order chi connectivity index (χ1) is 8.56. The van der Waals surface area contributed by atoms with Gasteiger partial charge in [-0.2, -0.15) is 0 Å². The summed E-state index contributed by atoms with van der Waals surface area (Å²) in [5.74, 6) is 0.523. The van der Waals surface area contributed by atoms with Crippen molar-refractivity contribution in [2.45, 2.75) is 13.5 Å². The summed E-state index contributed by atoms with van der Waals surface area (Å²) in [5, 5.41) is 14.3. The number of halogens is 1. The molecule has 0 aromatic carbocycles. The number of hydrogen-bond acceptors (Lipinski definition) is 5. The van der Waals surface area contributed by atoms with Gasteiger partial charge < -0.3 is 15.2 Å². The molecule has 0 saturated heterocycles. The molecule has 1 rings (SSSR count). The maximum absolute atomic E-state index is 11.1. The van der Waals surface area contributed by atoms with Crippen LogP contribution in [0.3, 0.4) is 0 Å². The monoisotopic (exact) mass is 271 g/mol. The van der Waals surface area contributed by atoms with Gasteiger partial charge in [0, 0.05) is 6.20 Å². The molecule has 0 aliphatic rings. The lowest BCUT2D eigenvalue weighted by Crippen LogP contribution is -2.27. The van der Waals surface area contributed by atoms with Gasteiger partial charge in [0.05, 0.1) is 18.2 Å². The van der Waals surface area contributed by atoms with Gasteiger partial charge in [0.15, 0.2) is 0 Å². The first-order valence-electron chi connectivity index (χ1n) is 5.21. The molecule has 98 valence electrons. The van der Waals surface area contributed by atoms with Gasteiger partial charge in [0.25, 0.3) is 0 Å². The van der Waals surface area contributed by atoms with Gasteiger partial charge in [-0.05, 0) is 18.6 Å². The Labute approximate surface area is 110 Å². The van der Waals surface area contributed by atoms with Gasteiger partial charge in [-0.1, -0.05) is 18.2 Å². The van der Waals surface area contributed by atoms with Crippen molar-refractivity contribution in [3.8, 4) is 0 Å². The van der Waals surface area contributed by atoms with Crippen LogP contribution in [0.1, 0.15) is 12.5 Å². The van der Waals surface area contributed by atoms with E-state index in [0.717, 1.165) is 0 Å². The van der Waals surface area contributed by atoms with Crippen LogP contribution < -0.4 is 10.6 Å². The number of nitrogens with one attached hydrogen (secondary N) is 2. The van der Waals surface area contributed by atoms with E-state index >= 15 is 0 Å². The van der Waals surface area contributed by atoms with E-state index in [0.29, 0.717) is 16.4 Å². The highest BCUT2D eigenvalue weighted by Gasteiger charge is 2.07. The molecule has 18 heavy (non-hydrogen) atoms. The van der Waals surface area contributed by atoms with Crippen LogP contribution in [0.4, 0.5) is 10.6 Å². The third-order valence-corrected chi connectivity index (χ3v) is 2.17. The van der Waals surface area contributed by atoms with Crippen LogP contribution in [-0.4, -0.2) is 22.8 Å². The number of carbonyl (C=O) groups excluding carboxylic acids is 1. The predicted octanol–water partition coefficient (Wildman–Crippen LogP) is 1.86. The molecule has 0 bridgehead atoms. The van der Waals surface area contributed by atoms with Crippen LogP contribution in [0.25, 0.3) is 0 Å². The Hall–Kier alpha value is -1.79. The molecule has 0 saturated carbocycles. The van der Waals surface area contributed by atoms with E-state index in [2.05, 4.69) is 26.9 Å². The van der Waals surface area contributed by atoms with Crippen molar-refractivity contribution in [1.82, 2.24) is 10.3 Å². The highest BCUT2D eigenvalue weighted by atomic mass is 35.5. The van der Waals surface area contributed by atoms with Gasteiger partial charge >= 0.3 is 6.09 Å².